The van der Waals surface area contributed by atoms with Gasteiger partial charge in [0.2, 0.25) is 0 Å². The maximum absolute atomic E-state index is 5.64. The van der Waals surface area contributed by atoms with Crippen LogP contribution in [-0.2, 0) is 4.74 Å². The van der Waals surface area contributed by atoms with E-state index in [1.807, 2.05) is 7.11 Å². The lowest BCUT2D eigenvalue weighted by atomic mass is 9.87. The lowest BCUT2D eigenvalue weighted by molar-refractivity contribution is 0.00956. The van der Waals surface area contributed by atoms with Crippen LogP contribution in [0.4, 0.5) is 0 Å². The number of nitrogens with zero attached hydrogens (tertiary/aromatic N) is 1. The molecule has 20 heavy (non-hydrogen) atoms. The van der Waals surface area contributed by atoms with E-state index in [-0.39, 0.29) is 0 Å². The van der Waals surface area contributed by atoms with Gasteiger partial charge in [-0.25, -0.2) is 0 Å². The summed E-state index contributed by atoms with van der Waals surface area (Å²) in [6.07, 6.45) is 9.37. The fourth-order valence-corrected chi connectivity index (χ4v) is 4.12. The first-order chi connectivity index (χ1) is 9.64. The molecule has 0 amide bonds. The summed E-state index contributed by atoms with van der Waals surface area (Å²) in [5.41, 5.74) is 0.324. The molecule has 3 unspecified atom stereocenters. The Morgan fingerprint density at radius 2 is 1.95 bits per heavy atom. The van der Waals surface area contributed by atoms with Crippen molar-refractivity contribution in [2.24, 2.45) is 0 Å². The van der Waals surface area contributed by atoms with Crippen molar-refractivity contribution < 1.29 is 4.74 Å². The number of ether oxygens (including phenoxy) is 1. The van der Waals surface area contributed by atoms with Crippen LogP contribution in [0, 0.1) is 0 Å². The molecule has 0 radical (unpaired) electrons. The maximum Gasteiger partial charge on any atom is 0.0586 e. The van der Waals surface area contributed by atoms with Gasteiger partial charge < -0.3 is 10.1 Å². The van der Waals surface area contributed by atoms with Gasteiger partial charge in [0.05, 0.1) is 6.10 Å². The highest BCUT2D eigenvalue weighted by Crippen LogP contribution is 2.31. The molecule has 3 atom stereocenters. The molecule has 0 bridgehead atoms. The maximum atomic E-state index is 5.64. The number of hydrogen-bond acceptors (Lipinski definition) is 3. The Balaban J connectivity index is 2.09. The van der Waals surface area contributed by atoms with Crippen molar-refractivity contribution in [3.8, 4) is 0 Å². The van der Waals surface area contributed by atoms with Gasteiger partial charge in [-0.3, -0.25) is 4.90 Å². The van der Waals surface area contributed by atoms with Crippen LogP contribution in [0.25, 0.3) is 0 Å². The molecular formula is C17H34N2O. The van der Waals surface area contributed by atoms with Crippen LogP contribution in [0.2, 0.25) is 0 Å². The van der Waals surface area contributed by atoms with E-state index in [2.05, 4.69) is 31.0 Å². The molecule has 1 aliphatic carbocycles. The summed E-state index contributed by atoms with van der Waals surface area (Å²) in [6, 6.07) is 1.42. The molecule has 2 rings (SSSR count). The summed E-state index contributed by atoms with van der Waals surface area (Å²) >= 11 is 0. The van der Waals surface area contributed by atoms with E-state index in [4.69, 9.17) is 4.74 Å². The molecule has 3 nitrogen and oxygen atoms in total. The highest BCUT2D eigenvalue weighted by Gasteiger charge is 2.37. The van der Waals surface area contributed by atoms with E-state index in [1.54, 1.807) is 0 Å². The Kier molecular flexibility index (Phi) is 5.88. The normalized spacial score (nSPS) is 35.7. The van der Waals surface area contributed by atoms with E-state index in [0.717, 1.165) is 6.04 Å². The summed E-state index contributed by atoms with van der Waals surface area (Å²) in [5.74, 6) is 0. The summed E-state index contributed by atoms with van der Waals surface area (Å²) in [6.45, 7) is 9.47. The SMILES string of the molecule is CCC1(CC)CN(C2CCCC(OC)C2)C(C)CCN1. The molecule has 0 spiro atoms. The van der Waals surface area contributed by atoms with Crippen LogP contribution in [-0.4, -0.2) is 48.8 Å². The molecule has 1 heterocycles. The van der Waals surface area contributed by atoms with Gasteiger partial charge in [-0.05, 0) is 58.4 Å². The molecule has 118 valence electrons. The van der Waals surface area contributed by atoms with Crippen LogP contribution in [0.1, 0.15) is 65.7 Å². The minimum atomic E-state index is 0.324. The predicted octanol–water partition coefficient (Wildman–Crippen LogP) is 3.19. The second-order valence-corrected chi connectivity index (χ2v) is 6.90. The summed E-state index contributed by atoms with van der Waals surface area (Å²) in [7, 11) is 1.88. The molecule has 3 heteroatoms. The third-order valence-electron chi connectivity index (χ3n) is 5.87. The van der Waals surface area contributed by atoms with Crippen LogP contribution in [0.5, 0.6) is 0 Å². The molecule has 2 aliphatic rings. The monoisotopic (exact) mass is 282 g/mol. The first kappa shape index (κ1) is 16.3. The van der Waals surface area contributed by atoms with Gasteiger partial charge in [-0.1, -0.05) is 13.8 Å². The van der Waals surface area contributed by atoms with Gasteiger partial charge >= 0.3 is 0 Å². The first-order valence-electron chi connectivity index (χ1n) is 8.67. The largest absolute Gasteiger partial charge is 0.381 e. The molecule has 1 saturated carbocycles. The number of hydrogen-bond donors (Lipinski definition) is 1. The van der Waals surface area contributed by atoms with Crippen molar-refractivity contribution >= 4 is 0 Å². The van der Waals surface area contributed by atoms with E-state index in [9.17, 15) is 0 Å². The standard InChI is InChI=1S/C17H34N2O/c1-5-17(6-2)13-19(14(3)10-11-18-17)15-8-7-9-16(12-15)20-4/h14-16,18H,5-13H2,1-4H3. The van der Waals surface area contributed by atoms with Gasteiger partial charge in [0.25, 0.3) is 0 Å². The summed E-state index contributed by atoms with van der Waals surface area (Å²) < 4.78 is 5.64. The summed E-state index contributed by atoms with van der Waals surface area (Å²) in [4.78, 5) is 2.80. The van der Waals surface area contributed by atoms with Crippen molar-refractivity contribution in [3.63, 3.8) is 0 Å². The average Bonchev–Trinajstić information content (AvgIpc) is 2.67. The molecular weight excluding hydrogens is 248 g/mol. The molecule has 0 aromatic carbocycles. The minimum Gasteiger partial charge on any atom is -0.381 e. The fourth-order valence-electron chi connectivity index (χ4n) is 4.12. The molecule has 1 N–H and O–H groups in total. The van der Waals surface area contributed by atoms with Gasteiger partial charge in [-0.2, -0.15) is 0 Å². The van der Waals surface area contributed by atoms with Gasteiger partial charge in [0.15, 0.2) is 0 Å². The molecule has 1 aliphatic heterocycles. The lowest BCUT2D eigenvalue weighted by Gasteiger charge is -2.44. The number of rotatable bonds is 4. The Labute approximate surface area is 125 Å². The smallest absolute Gasteiger partial charge is 0.0586 e. The minimum absolute atomic E-state index is 0.324. The van der Waals surface area contributed by atoms with E-state index in [1.165, 1.54) is 58.0 Å². The third kappa shape index (κ3) is 3.55. The zero-order chi connectivity index (χ0) is 14.6. The molecule has 1 saturated heterocycles. The van der Waals surface area contributed by atoms with Crippen LogP contribution in [0.15, 0.2) is 0 Å². The van der Waals surface area contributed by atoms with Gasteiger partial charge in [-0.15, -0.1) is 0 Å². The van der Waals surface area contributed by atoms with Gasteiger partial charge in [0, 0.05) is 31.3 Å². The quantitative estimate of drug-likeness (QED) is 0.857. The van der Waals surface area contributed by atoms with Crippen molar-refractivity contribution in [1.82, 2.24) is 10.2 Å². The lowest BCUT2D eigenvalue weighted by Crippen LogP contribution is -2.54. The topological polar surface area (TPSA) is 24.5 Å². The zero-order valence-electron chi connectivity index (χ0n) is 14.0. The van der Waals surface area contributed by atoms with Crippen molar-refractivity contribution in [2.75, 3.05) is 20.2 Å². The second-order valence-electron chi connectivity index (χ2n) is 6.90. The first-order valence-corrected chi connectivity index (χ1v) is 8.67. The highest BCUT2D eigenvalue weighted by molar-refractivity contribution is 4.96. The molecule has 0 aromatic heterocycles. The Morgan fingerprint density at radius 3 is 2.60 bits per heavy atom. The Hall–Kier alpha value is -0.120. The van der Waals surface area contributed by atoms with Crippen LogP contribution < -0.4 is 5.32 Å². The predicted molar refractivity (Wildman–Crippen MR) is 85.2 cm³/mol. The van der Waals surface area contributed by atoms with Crippen molar-refractivity contribution in [3.05, 3.63) is 0 Å². The summed E-state index contributed by atoms with van der Waals surface area (Å²) in [5, 5.41) is 3.85. The van der Waals surface area contributed by atoms with E-state index < -0.39 is 0 Å². The van der Waals surface area contributed by atoms with Crippen LogP contribution >= 0.6 is 0 Å². The fraction of sp³-hybridized carbons (Fsp3) is 1.00. The number of methoxy groups -OCH3 is 1. The van der Waals surface area contributed by atoms with Gasteiger partial charge in [0.1, 0.15) is 0 Å². The molecule has 2 fully saturated rings. The molecule has 0 aromatic rings. The van der Waals surface area contributed by atoms with E-state index >= 15 is 0 Å². The second kappa shape index (κ2) is 7.24. The van der Waals surface area contributed by atoms with E-state index in [0.29, 0.717) is 17.7 Å². The van der Waals surface area contributed by atoms with Crippen molar-refractivity contribution in [2.45, 2.75) is 89.4 Å². The van der Waals surface area contributed by atoms with Crippen LogP contribution in [0.3, 0.4) is 0 Å². The Bertz CT molecular complexity index is 291. The zero-order valence-corrected chi connectivity index (χ0v) is 14.0. The third-order valence-corrected chi connectivity index (χ3v) is 5.87. The number of nitrogens with one attached hydrogen (secondary N) is 1. The average molecular weight is 282 g/mol. The Morgan fingerprint density at radius 1 is 1.20 bits per heavy atom. The highest BCUT2D eigenvalue weighted by atomic mass is 16.5. The van der Waals surface area contributed by atoms with Crippen molar-refractivity contribution in [1.29, 1.82) is 0 Å².